The van der Waals surface area contributed by atoms with E-state index in [1.807, 2.05) is 36.4 Å². The minimum Gasteiger partial charge on any atom is -0.273 e. The Kier molecular flexibility index (Phi) is 4.63. The number of hydrogen-bond donors (Lipinski definition) is 1. The summed E-state index contributed by atoms with van der Waals surface area (Å²) in [4.78, 5) is 11.8. The van der Waals surface area contributed by atoms with Gasteiger partial charge in [-0.25, -0.2) is 10.1 Å². The Hall–Kier alpha value is -2.73. The van der Waals surface area contributed by atoms with Crippen molar-refractivity contribution >= 4 is 34.8 Å². The monoisotopic (exact) mass is 327 g/mol. The maximum atomic E-state index is 11.8. The van der Waals surface area contributed by atoms with Crippen molar-refractivity contribution in [2.75, 3.05) is 0 Å². The van der Waals surface area contributed by atoms with E-state index in [-0.39, 0.29) is 12.3 Å². The summed E-state index contributed by atoms with van der Waals surface area (Å²) in [6.07, 6.45) is 1.81. The molecule has 23 heavy (non-hydrogen) atoms. The second-order valence-corrected chi connectivity index (χ2v) is 5.34. The molecule has 0 radical (unpaired) electrons. The minimum atomic E-state index is -0.192. The van der Waals surface area contributed by atoms with E-state index in [4.69, 9.17) is 11.6 Å². The molecule has 0 atom stereocenters. The van der Waals surface area contributed by atoms with Crippen molar-refractivity contribution in [2.24, 2.45) is 5.10 Å². The van der Waals surface area contributed by atoms with Gasteiger partial charge in [0.25, 0.3) is 0 Å². The Bertz CT molecular complexity index is 858. The van der Waals surface area contributed by atoms with E-state index in [0.717, 1.165) is 16.6 Å². The number of carbonyl (C=O) groups excluding carboxylic acids is 1. The molecule has 116 valence electrons. The van der Waals surface area contributed by atoms with Crippen LogP contribution in [0.4, 0.5) is 0 Å². The minimum absolute atomic E-state index is 0.192. The SMILES string of the molecule is O=C(CCn1nnc2ccccc21)N/N=C/c1cccc(Cl)c1. The average molecular weight is 328 g/mol. The molecular weight excluding hydrogens is 314 g/mol. The van der Waals surface area contributed by atoms with Gasteiger partial charge >= 0.3 is 0 Å². The first-order valence-electron chi connectivity index (χ1n) is 7.08. The van der Waals surface area contributed by atoms with Crippen LogP contribution in [-0.4, -0.2) is 27.1 Å². The zero-order valence-electron chi connectivity index (χ0n) is 12.2. The Labute approximate surface area is 137 Å². The maximum Gasteiger partial charge on any atom is 0.241 e. The first-order valence-corrected chi connectivity index (χ1v) is 7.46. The van der Waals surface area contributed by atoms with E-state index in [1.165, 1.54) is 0 Å². The first kappa shape index (κ1) is 15.2. The van der Waals surface area contributed by atoms with E-state index in [0.29, 0.717) is 11.6 Å². The van der Waals surface area contributed by atoms with Gasteiger partial charge < -0.3 is 0 Å². The van der Waals surface area contributed by atoms with Crippen LogP contribution in [0, 0.1) is 0 Å². The molecule has 0 aliphatic rings. The van der Waals surface area contributed by atoms with E-state index in [1.54, 1.807) is 23.0 Å². The number of para-hydroxylation sites is 1. The number of nitrogens with zero attached hydrogens (tertiary/aromatic N) is 4. The smallest absolute Gasteiger partial charge is 0.241 e. The zero-order chi connectivity index (χ0) is 16.1. The third kappa shape index (κ3) is 3.92. The van der Waals surface area contributed by atoms with Crippen LogP contribution < -0.4 is 5.43 Å². The summed E-state index contributed by atoms with van der Waals surface area (Å²) in [6, 6.07) is 14.8. The molecule has 1 N–H and O–H groups in total. The van der Waals surface area contributed by atoms with Crippen LogP contribution in [0.15, 0.2) is 53.6 Å². The number of carbonyl (C=O) groups is 1. The molecule has 0 aliphatic heterocycles. The fraction of sp³-hybridized carbons (Fsp3) is 0.125. The first-order chi connectivity index (χ1) is 11.2. The molecule has 0 fully saturated rings. The highest BCUT2D eigenvalue weighted by Crippen LogP contribution is 2.10. The van der Waals surface area contributed by atoms with Gasteiger partial charge in [0.1, 0.15) is 5.52 Å². The molecule has 0 unspecified atom stereocenters. The summed E-state index contributed by atoms with van der Waals surface area (Å²) >= 11 is 5.88. The van der Waals surface area contributed by atoms with Gasteiger partial charge in [-0.05, 0) is 29.8 Å². The third-order valence-corrected chi connectivity index (χ3v) is 3.46. The summed E-state index contributed by atoms with van der Waals surface area (Å²) in [5.41, 5.74) is 5.02. The lowest BCUT2D eigenvalue weighted by Gasteiger charge is -2.01. The summed E-state index contributed by atoms with van der Waals surface area (Å²) in [5.74, 6) is -0.192. The number of benzene rings is 2. The predicted octanol–water partition coefficient (Wildman–Crippen LogP) is 2.63. The van der Waals surface area contributed by atoms with Crippen LogP contribution in [0.25, 0.3) is 11.0 Å². The summed E-state index contributed by atoms with van der Waals surface area (Å²) in [7, 11) is 0. The predicted molar refractivity (Wildman–Crippen MR) is 89.3 cm³/mol. The highest BCUT2D eigenvalue weighted by atomic mass is 35.5. The Balaban J connectivity index is 1.54. The number of amides is 1. The summed E-state index contributed by atoms with van der Waals surface area (Å²) < 4.78 is 1.70. The summed E-state index contributed by atoms with van der Waals surface area (Å²) in [5, 5.41) is 12.6. The van der Waals surface area contributed by atoms with Gasteiger partial charge in [0.05, 0.1) is 18.3 Å². The van der Waals surface area contributed by atoms with Crippen LogP contribution in [-0.2, 0) is 11.3 Å². The van der Waals surface area contributed by atoms with Crippen LogP contribution in [0.2, 0.25) is 5.02 Å². The molecular formula is C16H14ClN5O. The average Bonchev–Trinajstić information content (AvgIpc) is 2.96. The van der Waals surface area contributed by atoms with Crippen molar-refractivity contribution in [1.82, 2.24) is 20.4 Å². The number of rotatable bonds is 5. The number of aromatic nitrogens is 3. The normalized spacial score (nSPS) is 11.2. The van der Waals surface area contributed by atoms with Crippen molar-refractivity contribution in [3.8, 4) is 0 Å². The van der Waals surface area contributed by atoms with Gasteiger partial charge in [0, 0.05) is 11.4 Å². The lowest BCUT2D eigenvalue weighted by atomic mass is 10.2. The largest absolute Gasteiger partial charge is 0.273 e. The van der Waals surface area contributed by atoms with Gasteiger partial charge in [-0.2, -0.15) is 5.10 Å². The highest BCUT2D eigenvalue weighted by molar-refractivity contribution is 6.30. The fourth-order valence-corrected chi connectivity index (χ4v) is 2.31. The van der Waals surface area contributed by atoms with Gasteiger partial charge in [0.2, 0.25) is 5.91 Å². The van der Waals surface area contributed by atoms with Crippen molar-refractivity contribution in [1.29, 1.82) is 0 Å². The van der Waals surface area contributed by atoms with E-state index < -0.39 is 0 Å². The Morgan fingerprint density at radius 1 is 1.26 bits per heavy atom. The molecule has 0 saturated carbocycles. The lowest BCUT2D eigenvalue weighted by Crippen LogP contribution is -2.19. The van der Waals surface area contributed by atoms with Crippen molar-refractivity contribution in [2.45, 2.75) is 13.0 Å². The number of hydrazone groups is 1. The van der Waals surface area contributed by atoms with E-state index in [2.05, 4.69) is 20.8 Å². The molecule has 1 amide bonds. The van der Waals surface area contributed by atoms with Gasteiger partial charge in [-0.1, -0.05) is 41.1 Å². The van der Waals surface area contributed by atoms with Crippen LogP contribution in [0.5, 0.6) is 0 Å². The molecule has 0 aliphatic carbocycles. The van der Waals surface area contributed by atoms with Gasteiger partial charge in [0.15, 0.2) is 0 Å². The van der Waals surface area contributed by atoms with Crippen molar-refractivity contribution in [3.63, 3.8) is 0 Å². The lowest BCUT2D eigenvalue weighted by molar-refractivity contribution is -0.121. The number of aryl methyl sites for hydroxylation is 1. The molecule has 1 heterocycles. The maximum absolute atomic E-state index is 11.8. The Morgan fingerprint density at radius 2 is 2.13 bits per heavy atom. The van der Waals surface area contributed by atoms with Crippen molar-refractivity contribution in [3.05, 3.63) is 59.1 Å². The summed E-state index contributed by atoms with van der Waals surface area (Å²) in [6.45, 7) is 0.443. The standard InChI is InChI=1S/C16H14ClN5O/c17-13-5-3-4-12(10-13)11-18-20-16(23)8-9-22-15-7-2-1-6-14(15)19-21-22/h1-7,10-11H,8-9H2,(H,20,23)/b18-11+. The molecule has 2 aromatic carbocycles. The van der Waals surface area contributed by atoms with E-state index >= 15 is 0 Å². The molecule has 6 nitrogen and oxygen atoms in total. The van der Waals surface area contributed by atoms with Crippen LogP contribution >= 0.6 is 11.6 Å². The molecule has 0 spiro atoms. The van der Waals surface area contributed by atoms with Crippen molar-refractivity contribution < 1.29 is 4.79 Å². The molecule has 3 rings (SSSR count). The van der Waals surface area contributed by atoms with Crippen LogP contribution in [0.3, 0.4) is 0 Å². The number of nitrogens with one attached hydrogen (secondary N) is 1. The molecule has 0 saturated heterocycles. The quantitative estimate of drug-likeness (QED) is 0.578. The molecule has 0 bridgehead atoms. The van der Waals surface area contributed by atoms with Crippen LogP contribution in [0.1, 0.15) is 12.0 Å². The third-order valence-electron chi connectivity index (χ3n) is 3.22. The van der Waals surface area contributed by atoms with E-state index in [9.17, 15) is 4.79 Å². The highest BCUT2D eigenvalue weighted by Gasteiger charge is 2.05. The fourth-order valence-electron chi connectivity index (χ4n) is 2.11. The number of fused-ring (bicyclic) bond motifs is 1. The molecule has 1 aromatic heterocycles. The van der Waals surface area contributed by atoms with Gasteiger partial charge in [-0.15, -0.1) is 5.10 Å². The molecule has 7 heteroatoms. The number of halogens is 1. The Morgan fingerprint density at radius 3 is 3.00 bits per heavy atom. The zero-order valence-corrected chi connectivity index (χ0v) is 12.9. The second-order valence-electron chi connectivity index (χ2n) is 4.90. The number of hydrogen-bond acceptors (Lipinski definition) is 4. The second kappa shape index (κ2) is 7.02. The molecule has 3 aromatic rings. The topological polar surface area (TPSA) is 72.2 Å². The van der Waals surface area contributed by atoms with Gasteiger partial charge in [-0.3, -0.25) is 4.79 Å².